The molecule has 0 aliphatic carbocycles. The van der Waals surface area contributed by atoms with Gasteiger partial charge in [-0.1, -0.05) is 18.2 Å². The Balaban J connectivity index is 1.58. The summed E-state index contributed by atoms with van der Waals surface area (Å²) in [5.41, 5.74) is 1.04. The molecule has 8 nitrogen and oxygen atoms in total. The number of aryl methyl sites for hydroxylation is 2. The molecule has 0 saturated carbocycles. The van der Waals surface area contributed by atoms with Gasteiger partial charge >= 0.3 is 5.97 Å². The highest BCUT2D eigenvalue weighted by molar-refractivity contribution is 5.83. The fourth-order valence-corrected chi connectivity index (χ4v) is 3.05. The molecule has 0 spiro atoms. The van der Waals surface area contributed by atoms with Crippen molar-refractivity contribution >= 4 is 11.9 Å². The van der Waals surface area contributed by atoms with Crippen LogP contribution in [0.4, 0.5) is 0 Å². The van der Waals surface area contributed by atoms with Gasteiger partial charge in [-0.2, -0.15) is 0 Å². The average Bonchev–Trinajstić information content (AvgIpc) is 2.99. The second-order valence-corrected chi connectivity index (χ2v) is 6.37. The largest absolute Gasteiger partial charge is 0.493 e. The number of hydrogen-bond acceptors (Lipinski definition) is 5. The Morgan fingerprint density at radius 3 is 2.77 bits per heavy atom. The summed E-state index contributed by atoms with van der Waals surface area (Å²) in [5, 5.41) is 17.5. The lowest BCUT2D eigenvalue weighted by Crippen LogP contribution is -2.50. The topological polar surface area (TPSA) is 97.5 Å². The minimum absolute atomic E-state index is 0.162. The predicted molar refractivity (Wildman–Crippen MR) is 92.6 cm³/mol. The number of carboxylic acid groups (broad SMARTS) is 1. The Morgan fingerprint density at radius 2 is 2.04 bits per heavy atom. The van der Waals surface area contributed by atoms with Crippen molar-refractivity contribution in [1.82, 2.24) is 19.7 Å². The third kappa shape index (κ3) is 3.68. The smallest absolute Gasteiger partial charge is 0.328 e. The number of para-hydroxylation sites is 1. The number of rotatable bonds is 6. The van der Waals surface area contributed by atoms with E-state index < -0.39 is 12.0 Å². The van der Waals surface area contributed by atoms with Crippen LogP contribution in [0.2, 0.25) is 0 Å². The highest BCUT2D eigenvalue weighted by Crippen LogP contribution is 2.20. The fraction of sp³-hybridized carbons (Fsp3) is 0.444. The number of aromatic nitrogens is 3. The zero-order valence-corrected chi connectivity index (χ0v) is 14.9. The number of nitrogens with zero attached hydrogens (tertiary/aromatic N) is 4. The minimum atomic E-state index is -1.02. The van der Waals surface area contributed by atoms with E-state index in [1.807, 2.05) is 31.2 Å². The van der Waals surface area contributed by atoms with Crippen LogP contribution in [-0.4, -0.2) is 49.3 Å². The summed E-state index contributed by atoms with van der Waals surface area (Å²) >= 11 is 0. The molecule has 1 aromatic carbocycles. The molecular formula is C18H22N4O4. The number of amides is 1. The lowest BCUT2D eigenvalue weighted by molar-refractivity contribution is -0.152. The van der Waals surface area contributed by atoms with Crippen molar-refractivity contribution in [3.05, 3.63) is 41.5 Å². The first-order chi connectivity index (χ1) is 12.5. The lowest BCUT2D eigenvalue weighted by atomic mass is 10.1. The van der Waals surface area contributed by atoms with Gasteiger partial charge in [0.2, 0.25) is 5.91 Å². The van der Waals surface area contributed by atoms with Gasteiger partial charge in [0.1, 0.15) is 17.6 Å². The average molecular weight is 358 g/mol. The normalized spacial score (nSPS) is 16.2. The van der Waals surface area contributed by atoms with Crippen LogP contribution in [0.25, 0.3) is 0 Å². The molecule has 1 N–H and O–H groups in total. The SMILES string of the molecule is Cc1ccccc1OCCCC(=O)N1Cc2nnc(C)n2CC1C(=O)O. The molecule has 0 fully saturated rings. The summed E-state index contributed by atoms with van der Waals surface area (Å²) in [6.07, 6.45) is 0.741. The van der Waals surface area contributed by atoms with E-state index in [0.29, 0.717) is 24.7 Å². The summed E-state index contributed by atoms with van der Waals surface area (Å²) in [7, 11) is 0. The quantitative estimate of drug-likeness (QED) is 0.787. The Hall–Kier alpha value is -2.90. The van der Waals surface area contributed by atoms with Crippen molar-refractivity contribution in [3.63, 3.8) is 0 Å². The van der Waals surface area contributed by atoms with Crippen molar-refractivity contribution in [2.24, 2.45) is 0 Å². The second-order valence-electron chi connectivity index (χ2n) is 6.37. The van der Waals surface area contributed by atoms with Crippen LogP contribution in [0.1, 0.15) is 30.1 Å². The maximum Gasteiger partial charge on any atom is 0.328 e. The van der Waals surface area contributed by atoms with Gasteiger partial charge < -0.3 is 19.3 Å². The van der Waals surface area contributed by atoms with E-state index in [1.165, 1.54) is 4.90 Å². The fourth-order valence-electron chi connectivity index (χ4n) is 3.05. The standard InChI is InChI=1S/C18H22N4O4/c1-12-6-3-4-7-15(12)26-9-5-8-17(23)22-11-16-20-19-13(2)21(16)10-14(22)18(24)25/h3-4,6-7,14H,5,8-11H2,1-2H3,(H,24,25). The number of benzene rings is 1. The summed E-state index contributed by atoms with van der Waals surface area (Å²) in [5.74, 6) is 0.838. The number of fused-ring (bicyclic) bond motifs is 1. The molecule has 26 heavy (non-hydrogen) atoms. The van der Waals surface area contributed by atoms with Crippen molar-refractivity contribution in [3.8, 4) is 5.75 Å². The highest BCUT2D eigenvalue weighted by Gasteiger charge is 2.35. The summed E-state index contributed by atoms with van der Waals surface area (Å²) in [6.45, 7) is 4.47. The second kappa shape index (κ2) is 7.55. The maximum atomic E-state index is 12.6. The molecule has 3 rings (SSSR count). The summed E-state index contributed by atoms with van der Waals surface area (Å²) in [6, 6.07) is 6.79. The third-order valence-electron chi connectivity index (χ3n) is 4.55. The molecule has 0 radical (unpaired) electrons. The number of hydrogen-bond donors (Lipinski definition) is 1. The Labute approximate surface area is 151 Å². The molecular weight excluding hydrogens is 336 g/mol. The van der Waals surface area contributed by atoms with Crippen LogP contribution in [0, 0.1) is 13.8 Å². The number of ether oxygens (including phenoxy) is 1. The lowest BCUT2D eigenvalue weighted by Gasteiger charge is -2.33. The molecule has 0 saturated heterocycles. The van der Waals surface area contributed by atoms with Crippen molar-refractivity contribution < 1.29 is 19.4 Å². The van der Waals surface area contributed by atoms with Gasteiger partial charge in [-0.15, -0.1) is 10.2 Å². The van der Waals surface area contributed by atoms with Gasteiger partial charge in [0, 0.05) is 6.42 Å². The Bertz CT molecular complexity index is 817. The zero-order valence-electron chi connectivity index (χ0n) is 14.9. The van der Waals surface area contributed by atoms with E-state index >= 15 is 0 Å². The molecule has 0 bridgehead atoms. The zero-order chi connectivity index (χ0) is 18.7. The number of carbonyl (C=O) groups is 2. The van der Waals surface area contributed by atoms with Crippen molar-refractivity contribution in [2.75, 3.05) is 6.61 Å². The van der Waals surface area contributed by atoms with Gasteiger partial charge in [-0.25, -0.2) is 4.79 Å². The van der Waals surface area contributed by atoms with Crippen LogP contribution in [-0.2, 0) is 22.7 Å². The van der Waals surface area contributed by atoms with E-state index in [-0.39, 0.29) is 25.4 Å². The molecule has 138 valence electrons. The molecule has 1 aromatic heterocycles. The van der Waals surface area contributed by atoms with Crippen LogP contribution < -0.4 is 4.74 Å². The minimum Gasteiger partial charge on any atom is -0.493 e. The molecule has 1 aliphatic heterocycles. The summed E-state index contributed by atoms with van der Waals surface area (Å²) < 4.78 is 7.45. The number of carboxylic acids is 1. The molecule has 2 heterocycles. The first-order valence-corrected chi connectivity index (χ1v) is 8.56. The van der Waals surface area contributed by atoms with E-state index in [4.69, 9.17) is 4.74 Å². The molecule has 1 atom stereocenters. The van der Waals surface area contributed by atoms with Crippen LogP contribution >= 0.6 is 0 Å². The van der Waals surface area contributed by atoms with Gasteiger partial charge in [-0.05, 0) is 31.9 Å². The third-order valence-corrected chi connectivity index (χ3v) is 4.55. The van der Waals surface area contributed by atoms with Crippen molar-refractivity contribution in [2.45, 2.75) is 45.8 Å². The van der Waals surface area contributed by atoms with Crippen LogP contribution in [0.15, 0.2) is 24.3 Å². The van der Waals surface area contributed by atoms with Gasteiger partial charge in [0.05, 0.1) is 19.7 Å². The molecule has 1 aliphatic rings. The van der Waals surface area contributed by atoms with E-state index in [0.717, 1.165) is 11.3 Å². The first kappa shape index (κ1) is 17.9. The molecule has 8 heteroatoms. The molecule has 1 amide bonds. The maximum absolute atomic E-state index is 12.6. The van der Waals surface area contributed by atoms with Gasteiger partial charge in [0.15, 0.2) is 5.82 Å². The van der Waals surface area contributed by atoms with Crippen molar-refractivity contribution in [1.29, 1.82) is 0 Å². The first-order valence-electron chi connectivity index (χ1n) is 8.56. The van der Waals surface area contributed by atoms with Gasteiger partial charge in [0.25, 0.3) is 0 Å². The summed E-state index contributed by atoms with van der Waals surface area (Å²) in [4.78, 5) is 25.5. The van der Waals surface area contributed by atoms with Crippen LogP contribution in [0.5, 0.6) is 5.75 Å². The Kier molecular flexibility index (Phi) is 5.20. The van der Waals surface area contributed by atoms with Gasteiger partial charge in [-0.3, -0.25) is 4.79 Å². The number of carbonyl (C=O) groups excluding carboxylic acids is 1. The van der Waals surface area contributed by atoms with E-state index in [1.54, 1.807) is 11.5 Å². The van der Waals surface area contributed by atoms with Crippen LogP contribution in [0.3, 0.4) is 0 Å². The molecule has 1 unspecified atom stereocenters. The predicted octanol–water partition coefficient (Wildman–Crippen LogP) is 1.55. The number of aliphatic carboxylic acids is 1. The van der Waals surface area contributed by atoms with E-state index in [9.17, 15) is 14.7 Å². The highest BCUT2D eigenvalue weighted by atomic mass is 16.5. The molecule has 2 aromatic rings. The van der Waals surface area contributed by atoms with E-state index in [2.05, 4.69) is 10.2 Å². The monoisotopic (exact) mass is 358 g/mol. The Morgan fingerprint density at radius 1 is 1.27 bits per heavy atom.